The van der Waals surface area contributed by atoms with Crippen molar-refractivity contribution in [3.05, 3.63) is 71.3 Å². The largest absolute Gasteiger partial charge is 2.00 e. The Balaban J connectivity index is 0.00000450. The van der Waals surface area contributed by atoms with Gasteiger partial charge in [-0.2, -0.15) is 10.2 Å². The zero-order chi connectivity index (χ0) is 21.2. The molecule has 8 nitrogen and oxygen atoms in total. The fraction of sp³-hybridized carbons (Fsp3) is 0.105. The molecule has 159 valence electrons. The SMILES string of the molecule is CNC([S-])=NN=C(C(=NN=C([S-])NC)c1ccc(C(=O)O)cc1)c1ccccc1.[Cu+2]. The number of benzene rings is 2. The van der Waals surface area contributed by atoms with Gasteiger partial charge in [-0.25, -0.2) is 4.79 Å². The van der Waals surface area contributed by atoms with E-state index in [9.17, 15) is 4.79 Å². The average Bonchev–Trinajstić information content (AvgIpc) is 2.76. The van der Waals surface area contributed by atoms with Gasteiger partial charge in [0.25, 0.3) is 0 Å². The summed E-state index contributed by atoms with van der Waals surface area (Å²) in [5.74, 6) is -1.03. The van der Waals surface area contributed by atoms with Gasteiger partial charge in [0.15, 0.2) is 0 Å². The average molecular weight is 490 g/mol. The smallest absolute Gasteiger partial charge is 0.741 e. The summed E-state index contributed by atoms with van der Waals surface area (Å²) in [6.07, 6.45) is 0. The minimum Gasteiger partial charge on any atom is -0.741 e. The summed E-state index contributed by atoms with van der Waals surface area (Å²) in [4.78, 5) is 11.2. The van der Waals surface area contributed by atoms with E-state index in [4.69, 9.17) is 30.4 Å². The van der Waals surface area contributed by atoms with Gasteiger partial charge in [-0.3, -0.25) is 0 Å². The standard InChI is InChI=1S/C19H20N6O2S2.Cu/c1-20-18(28)24-22-15(12-6-4-3-5-7-12)16(23-25-19(29)21-2)13-8-10-14(11-9-13)17(26)27;/h3-11H,1-2H3,(H,26,27)(H2,20,24,28)(H2,21,25,29);/q;+2/p-2. The summed E-state index contributed by atoms with van der Waals surface area (Å²) < 4.78 is 0. The van der Waals surface area contributed by atoms with Gasteiger partial charge in [0.05, 0.1) is 5.56 Å². The zero-order valence-electron chi connectivity index (χ0n) is 16.0. The molecule has 0 aromatic heterocycles. The van der Waals surface area contributed by atoms with Gasteiger partial charge in [0.1, 0.15) is 11.4 Å². The Bertz CT molecular complexity index is 976. The molecule has 0 amide bonds. The summed E-state index contributed by atoms with van der Waals surface area (Å²) >= 11 is 10.1. The van der Waals surface area contributed by atoms with Gasteiger partial charge in [-0.05, 0) is 22.5 Å². The number of hydrogen-bond donors (Lipinski definition) is 3. The van der Waals surface area contributed by atoms with Crippen LogP contribution in [0.15, 0.2) is 75.0 Å². The molecule has 0 aliphatic carbocycles. The molecule has 30 heavy (non-hydrogen) atoms. The molecule has 2 aromatic carbocycles. The van der Waals surface area contributed by atoms with Gasteiger partial charge in [-0.1, -0.05) is 42.5 Å². The quantitative estimate of drug-likeness (QED) is 0.187. The van der Waals surface area contributed by atoms with Crippen molar-refractivity contribution < 1.29 is 27.0 Å². The van der Waals surface area contributed by atoms with Crippen LogP contribution in [0.5, 0.6) is 0 Å². The Morgan fingerprint density at radius 1 is 0.733 bits per heavy atom. The molecule has 0 atom stereocenters. The molecule has 0 aliphatic rings. The van der Waals surface area contributed by atoms with E-state index >= 15 is 0 Å². The van der Waals surface area contributed by atoms with Crippen molar-refractivity contribution in [3.8, 4) is 0 Å². The van der Waals surface area contributed by atoms with Crippen LogP contribution < -0.4 is 10.6 Å². The zero-order valence-corrected chi connectivity index (χ0v) is 18.5. The second kappa shape index (κ2) is 12.7. The second-order valence-corrected chi connectivity index (χ2v) is 6.23. The second-order valence-electron chi connectivity index (χ2n) is 5.46. The van der Waals surface area contributed by atoms with Crippen LogP contribution in [0.1, 0.15) is 21.5 Å². The monoisotopic (exact) mass is 489 g/mol. The molecular formula is C19H18CuN6O2S2. The van der Waals surface area contributed by atoms with Crippen molar-refractivity contribution in [2.75, 3.05) is 14.1 Å². The van der Waals surface area contributed by atoms with Gasteiger partial charge in [0.2, 0.25) is 0 Å². The third-order valence-corrected chi connectivity index (χ3v) is 4.16. The van der Waals surface area contributed by atoms with E-state index in [1.165, 1.54) is 12.1 Å². The Hall–Kier alpha value is -2.85. The number of nitrogens with one attached hydrogen (secondary N) is 2. The number of amidine groups is 2. The number of rotatable bonds is 6. The first-order valence-corrected chi connectivity index (χ1v) is 9.18. The maximum atomic E-state index is 11.2. The predicted molar refractivity (Wildman–Crippen MR) is 121 cm³/mol. The topological polar surface area (TPSA) is 111 Å². The molecule has 2 rings (SSSR count). The number of carboxylic acid groups (broad SMARTS) is 1. The number of hydrogen-bond acceptors (Lipinski definition) is 7. The Morgan fingerprint density at radius 2 is 1.13 bits per heavy atom. The van der Waals surface area contributed by atoms with E-state index in [1.54, 1.807) is 26.2 Å². The van der Waals surface area contributed by atoms with Crippen LogP contribution in [-0.4, -0.2) is 46.9 Å². The third kappa shape index (κ3) is 7.20. The first kappa shape index (κ1) is 25.2. The van der Waals surface area contributed by atoms with Crippen molar-refractivity contribution in [2.45, 2.75) is 0 Å². The Labute approximate surface area is 196 Å². The molecule has 0 fully saturated rings. The maximum absolute atomic E-state index is 11.2. The molecule has 0 aliphatic heterocycles. The van der Waals surface area contributed by atoms with Crippen molar-refractivity contribution in [2.24, 2.45) is 20.4 Å². The van der Waals surface area contributed by atoms with E-state index in [1.807, 2.05) is 30.3 Å². The molecule has 0 heterocycles. The first-order chi connectivity index (χ1) is 14.0. The minimum absolute atomic E-state index is 0. The van der Waals surface area contributed by atoms with Crippen molar-refractivity contribution in [3.63, 3.8) is 0 Å². The van der Waals surface area contributed by atoms with Crippen LogP contribution in [0.2, 0.25) is 0 Å². The number of carboxylic acids is 1. The van der Waals surface area contributed by atoms with E-state index < -0.39 is 5.97 Å². The first-order valence-electron chi connectivity index (χ1n) is 8.36. The summed E-state index contributed by atoms with van der Waals surface area (Å²) in [6, 6.07) is 15.4. The van der Waals surface area contributed by atoms with Crippen LogP contribution >= 0.6 is 0 Å². The van der Waals surface area contributed by atoms with E-state index in [2.05, 4.69) is 31.0 Å². The molecular weight excluding hydrogens is 472 g/mol. The fourth-order valence-electron chi connectivity index (χ4n) is 2.14. The molecule has 1 radical (unpaired) electrons. The van der Waals surface area contributed by atoms with Gasteiger partial charge in [0, 0.05) is 25.2 Å². The number of nitrogens with zero attached hydrogens (tertiary/aromatic N) is 4. The van der Waals surface area contributed by atoms with Crippen LogP contribution in [0, 0.1) is 0 Å². The molecule has 0 bridgehead atoms. The van der Waals surface area contributed by atoms with Crippen molar-refractivity contribution in [1.29, 1.82) is 0 Å². The fourth-order valence-corrected chi connectivity index (χ4v) is 2.22. The van der Waals surface area contributed by atoms with Crippen LogP contribution in [0.4, 0.5) is 0 Å². The summed E-state index contributed by atoms with van der Waals surface area (Å²) in [6.45, 7) is 0. The van der Waals surface area contributed by atoms with E-state index in [0.717, 1.165) is 5.56 Å². The van der Waals surface area contributed by atoms with Crippen LogP contribution in [0.25, 0.3) is 0 Å². The van der Waals surface area contributed by atoms with Gasteiger partial charge < -0.3 is 41.0 Å². The van der Waals surface area contributed by atoms with Crippen molar-refractivity contribution in [1.82, 2.24) is 10.6 Å². The third-order valence-electron chi connectivity index (χ3n) is 3.59. The minimum atomic E-state index is -1.03. The maximum Gasteiger partial charge on any atom is 2.00 e. The Kier molecular flexibility index (Phi) is 10.6. The number of aromatic carboxylic acids is 1. The van der Waals surface area contributed by atoms with E-state index in [-0.39, 0.29) is 33.0 Å². The van der Waals surface area contributed by atoms with Crippen LogP contribution in [-0.2, 0) is 42.3 Å². The molecule has 2 aromatic rings. The number of carbonyl (C=O) groups is 1. The van der Waals surface area contributed by atoms with Gasteiger partial charge >= 0.3 is 23.0 Å². The van der Waals surface area contributed by atoms with Crippen molar-refractivity contribution >= 4 is 53.0 Å². The Morgan fingerprint density at radius 3 is 1.53 bits per heavy atom. The summed E-state index contributed by atoms with van der Waals surface area (Å²) in [5, 5.41) is 31.5. The molecule has 0 unspecified atom stereocenters. The molecule has 3 N–H and O–H groups in total. The molecule has 0 saturated heterocycles. The van der Waals surface area contributed by atoms with Crippen LogP contribution in [0.3, 0.4) is 0 Å². The van der Waals surface area contributed by atoms with Gasteiger partial charge in [-0.15, -0.1) is 10.2 Å². The van der Waals surface area contributed by atoms with E-state index in [0.29, 0.717) is 17.0 Å². The summed E-state index contributed by atoms with van der Waals surface area (Å²) in [5.41, 5.74) is 2.21. The molecule has 0 saturated carbocycles. The summed E-state index contributed by atoms with van der Waals surface area (Å²) in [7, 11) is 3.28. The predicted octanol–water partition coefficient (Wildman–Crippen LogP) is 1.74. The molecule has 0 spiro atoms. The molecule has 11 heteroatoms. The normalized spacial score (nSPS) is 12.7.